The Morgan fingerprint density at radius 1 is 0.486 bits per heavy atom. The van der Waals surface area contributed by atoms with E-state index in [9.17, 15) is 29.4 Å². The van der Waals surface area contributed by atoms with Crippen molar-refractivity contribution in [1.82, 2.24) is 0 Å². The molecule has 0 unspecified atom stereocenters. The molecule has 4 amide bonds. The summed E-state index contributed by atoms with van der Waals surface area (Å²) in [4.78, 5) is 54.0. The van der Waals surface area contributed by atoms with E-state index < -0.39 is 23.6 Å². The number of benzene rings is 4. The quantitative estimate of drug-likeness (QED) is 0.413. The molecule has 8 heteroatoms. The summed E-state index contributed by atoms with van der Waals surface area (Å²) >= 11 is 0. The van der Waals surface area contributed by atoms with Gasteiger partial charge in [-0.1, -0.05) is 24.3 Å². The van der Waals surface area contributed by atoms with Gasteiger partial charge in [0.05, 0.1) is 33.6 Å². The average Bonchev–Trinajstić information content (AvgIpc) is 3.27. The standard InChI is InChI=1S/C29H18N2O6/c32-20-5-1-3-18(14-20)30-26(34)22-9-7-16(12-24(22)28(30)36)11-17-8-10-23-25(13-17)29(37)31(27(23)35)19-4-2-6-21(33)15-19/h1-10,12-15,32-33H,11H2. The van der Waals surface area contributed by atoms with E-state index >= 15 is 0 Å². The largest absolute Gasteiger partial charge is 0.508 e. The lowest BCUT2D eigenvalue weighted by Crippen LogP contribution is -2.29. The molecule has 0 saturated heterocycles. The van der Waals surface area contributed by atoms with Crippen LogP contribution >= 0.6 is 0 Å². The fraction of sp³-hybridized carbons (Fsp3) is 0.0345. The van der Waals surface area contributed by atoms with Crippen molar-refractivity contribution in [3.8, 4) is 11.5 Å². The first-order chi connectivity index (χ1) is 17.8. The van der Waals surface area contributed by atoms with Crippen LogP contribution in [0.1, 0.15) is 52.6 Å². The van der Waals surface area contributed by atoms with Gasteiger partial charge in [0.15, 0.2) is 0 Å². The number of carbonyl (C=O) groups excluding carboxylic acids is 4. The Labute approximate surface area is 210 Å². The molecule has 2 aliphatic rings. The van der Waals surface area contributed by atoms with Crippen molar-refractivity contribution in [1.29, 1.82) is 0 Å². The number of imide groups is 2. The lowest BCUT2D eigenvalue weighted by molar-refractivity contribution is 0.0910. The summed E-state index contributed by atoms with van der Waals surface area (Å²) in [7, 11) is 0. The van der Waals surface area contributed by atoms with Crippen molar-refractivity contribution >= 4 is 35.0 Å². The molecule has 6 rings (SSSR count). The van der Waals surface area contributed by atoms with Gasteiger partial charge in [-0.25, -0.2) is 9.80 Å². The zero-order chi connectivity index (χ0) is 25.8. The highest BCUT2D eigenvalue weighted by atomic mass is 16.3. The molecule has 0 bridgehead atoms. The molecule has 0 radical (unpaired) electrons. The molecule has 180 valence electrons. The minimum atomic E-state index is -0.482. The highest BCUT2D eigenvalue weighted by Gasteiger charge is 2.38. The molecule has 0 fully saturated rings. The van der Waals surface area contributed by atoms with Crippen LogP contribution in [0.4, 0.5) is 11.4 Å². The number of rotatable bonds is 4. The monoisotopic (exact) mass is 490 g/mol. The van der Waals surface area contributed by atoms with Gasteiger partial charge in [-0.05, 0) is 66.1 Å². The number of fused-ring (bicyclic) bond motifs is 2. The molecule has 2 N–H and O–H groups in total. The van der Waals surface area contributed by atoms with Gasteiger partial charge < -0.3 is 10.2 Å². The molecule has 0 spiro atoms. The van der Waals surface area contributed by atoms with Crippen LogP contribution in [-0.4, -0.2) is 33.8 Å². The third kappa shape index (κ3) is 3.54. The van der Waals surface area contributed by atoms with Crippen molar-refractivity contribution in [3.05, 3.63) is 118 Å². The maximum Gasteiger partial charge on any atom is 0.266 e. The Hall–Kier alpha value is -5.24. The molecule has 4 aromatic rings. The van der Waals surface area contributed by atoms with E-state index in [1.54, 1.807) is 60.7 Å². The van der Waals surface area contributed by atoms with Gasteiger partial charge in [0.2, 0.25) is 0 Å². The first-order valence-electron chi connectivity index (χ1n) is 11.4. The van der Waals surface area contributed by atoms with E-state index in [1.807, 2.05) is 0 Å². The van der Waals surface area contributed by atoms with Crippen LogP contribution in [0.15, 0.2) is 84.9 Å². The van der Waals surface area contributed by atoms with Crippen molar-refractivity contribution in [2.45, 2.75) is 6.42 Å². The van der Waals surface area contributed by atoms with Gasteiger partial charge in [0.1, 0.15) is 11.5 Å². The summed E-state index contributed by atoms with van der Waals surface area (Å²) in [6, 6.07) is 21.9. The average molecular weight is 490 g/mol. The van der Waals surface area contributed by atoms with Crippen LogP contribution < -0.4 is 9.80 Å². The molecule has 37 heavy (non-hydrogen) atoms. The lowest BCUT2D eigenvalue weighted by Gasteiger charge is -2.13. The molecule has 0 saturated carbocycles. The van der Waals surface area contributed by atoms with E-state index in [0.717, 1.165) is 20.9 Å². The van der Waals surface area contributed by atoms with E-state index in [4.69, 9.17) is 0 Å². The first kappa shape index (κ1) is 22.2. The zero-order valence-electron chi connectivity index (χ0n) is 19.2. The number of nitrogens with zero attached hydrogens (tertiary/aromatic N) is 2. The second-order valence-electron chi connectivity index (χ2n) is 8.87. The van der Waals surface area contributed by atoms with Crippen LogP contribution in [-0.2, 0) is 6.42 Å². The maximum absolute atomic E-state index is 13.1. The summed E-state index contributed by atoms with van der Waals surface area (Å²) in [6.45, 7) is 0. The zero-order valence-corrected chi connectivity index (χ0v) is 19.2. The maximum atomic E-state index is 13.1. The molecule has 2 aliphatic heterocycles. The van der Waals surface area contributed by atoms with Crippen LogP contribution in [0.25, 0.3) is 0 Å². The van der Waals surface area contributed by atoms with Crippen molar-refractivity contribution in [2.75, 3.05) is 9.80 Å². The van der Waals surface area contributed by atoms with Gasteiger partial charge in [0.25, 0.3) is 23.6 Å². The fourth-order valence-electron chi connectivity index (χ4n) is 4.76. The Morgan fingerprint density at radius 2 is 0.892 bits per heavy atom. The minimum Gasteiger partial charge on any atom is -0.508 e. The number of anilines is 2. The van der Waals surface area contributed by atoms with E-state index in [0.29, 0.717) is 6.42 Å². The van der Waals surface area contributed by atoms with E-state index in [1.165, 1.54) is 24.3 Å². The number of aromatic hydroxyl groups is 2. The predicted molar refractivity (Wildman–Crippen MR) is 134 cm³/mol. The Bertz CT molecular complexity index is 1550. The second kappa shape index (κ2) is 8.17. The number of amides is 4. The van der Waals surface area contributed by atoms with Crippen LogP contribution in [0.2, 0.25) is 0 Å². The normalized spacial score (nSPS) is 14.4. The Balaban J connectivity index is 1.28. The summed E-state index contributed by atoms with van der Waals surface area (Å²) < 4.78 is 0. The molecule has 0 aromatic heterocycles. The van der Waals surface area contributed by atoms with E-state index in [-0.39, 0.29) is 45.1 Å². The second-order valence-corrected chi connectivity index (χ2v) is 8.87. The topological polar surface area (TPSA) is 115 Å². The number of phenolic OH excluding ortho intramolecular Hbond substituents is 2. The third-order valence-corrected chi connectivity index (χ3v) is 6.49. The van der Waals surface area contributed by atoms with Gasteiger partial charge in [-0.2, -0.15) is 0 Å². The molecule has 0 aliphatic carbocycles. The highest BCUT2D eigenvalue weighted by Crippen LogP contribution is 2.33. The molecule has 0 atom stereocenters. The van der Waals surface area contributed by atoms with Gasteiger partial charge in [-0.15, -0.1) is 0 Å². The van der Waals surface area contributed by atoms with Crippen LogP contribution in [0.5, 0.6) is 11.5 Å². The van der Waals surface area contributed by atoms with Crippen molar-refractivity contribution < 1.29 is 29.4 Å². The smallest absolute Gasteiger partial charge is 0.266 e. The molecule has 2 heterocycles. The third-order valence-electron chi connectivity index (χ3n) is 6.49. The first-order valence-corrected chi connectivity index (χ1v) is 11.4. The molecule has 4 aromatic carbocycles. The molecular formula is C29H18N2O6. The molecular weight excluding hydrogens is 472 g/mol. The van der Waals surface area contributed by atoms with Crippen LogP contribution in [0, 0.1) is 0 Å². The van der Waals surface area contributed by atoms with Gasteiger partial charge >= 0.3 is 0 Å². The SMILES string of the molecule is O=C1c2ccc(Cc3ccc4c(c3)C(=O)N(c3cccc(O)c3)C4=O)cc2C(=O)N1c1cccc(O)c1. The summed E-state index contributed by atoms with van der Waals surface area (Å²) in [5.41, 5.74) is 3.12. The van der Waals surface area contributed by atoms with Gasteiger partial charge in [0, 0.05) is 12.1 Å². The predicted octanol–water partition coefficient (Wildman–Crippen LogP) is 4.29. The number of hydrogen-bond acceptors (Lipinski definition) is 6. The highest BCUT2D eigenvalue weighted by molar-refractivity contribution is 6.35. The summed E-state index contributed by atoms with van der Waals surface area (Å²) in [5.74, 6) is -2.01. The lowest BCUT2D eigenvalue weighted by atomic mass is 9.98. The number of phenols is 2. The summed E-state index contributed by atoms with van der Waals surface area (Å²) in [6.07, 6.45) is 0.363. The van der Waals surface area contributed by atoms with Crippen LogP contribution in [0.3, 0.4) is 0 Å². The summed E-state index contributed by atoms with van der Waals surface area (Å²) in [5, 5.41) is 19.5. The van der Waals surface area contributed by atoms with Crippen molar-refractivity contribution in [2.24, 2.45) is 0 Å². The number of carbonyl (C=O) groups is 4. The van der Waals surface area contributed by atoms with Gasteiger partial charge in [-0.3, -0.25) is 19.2 Å². The van der Waals surface area contributed by atoms with E-state index in [2.05, 4.69) is 0 Å². The molecule has 8 nitrogen and oxygen atoms in total. The Morgan fingerprint density at radius 3 is 1.30 bits per heavy atom. The Kier molecular flexibility index (Phi) is 4.91. The fourth-order valence-corrected chi connectivity index (χ4v) is 4.76. The minimum absolute atomic E-state index is 0.0537. The van der Waals surface area contributed by atoms with Crippen molar-refractivity contribution in [3.63, 3.8) is 0 Å². The number of hydrogen-bond donors (Lipinski definition) is 2.